The molecule has 1 heterocycles. The van der Waals surface area contributed by atoms with Crippen molar-refractivity contribution in [1.82, 2.24) is 4.98 Å². The molecule has 134 valence electrons. The average Bonchev–Trinajstić information content (AvgIpc) is 3.09. The van der Waals surface area contributed by atoms with Crippen LogP contribution in [-0.2, 0) is 4.79 Å². The first-order valence-electron chi connectivity index (χ1n) is 8.24. The number of hydrogen-bond donors (Lipinski definition) is 1. The molecule has 0 spiro atoms. The highest BCUT2D eigenvalue weighted by Crippen LogP contribution is 2.26. The summed E-state index contributed by atoms with van der Waals surface area (Å²) in [6.45, 7) is 2.26. The van der Waals surface area contributed by atoms with Gasteiger partial charge in [-0.25, -0.2) is 4.98 Å². The summed E-state index contributed by atoms with van der Waals surface area (Å²) in [7, 11) is 1.59. The van der Waals surface area contributed by atoms with Crippen LogP contribution < -0.4 is 14.8 Å². The van der Waals surface area contributed by atoms with E-state index in [0.29, 0.717) is 11.5 Å². The molecular weight excluding hydrogens is 348 g/mol. The highest BCUT2D eigenvalue weighted by atomic mass is 32.1. The number of para-hydroxylation sites is 2. The minimum atomic E-state index is -0.0999. The Morgan fingerprint density at radius 2 is 1.85 bits per heavy atom. The molecule has 0 saturated heterocycles. The molecule has 0 aliphatic heterocycles. The van der Waals surface area contributed by atoms with Gasteiger partial charge < -0.3 is 14.8 Å². The van der Waals surface area contributed by atoms with E-state index in [1.165, 1.54) is 0 Å². The summed E-state index contributed by atoms with van der Waals surface area (Å²) in [6, 6.07) is 15.0. The van der Waals surface area contributed by atoms with E-state index in [4.69, 9.17) is 9.47 Å². The van der Waals surface area contributed by atoms with Gasteiger partial charge in [0.15, 0.2) is 11.5 Å². The highest BCUT2D eigenvalue weighted by Gasteiger charge is 2.07. The second-order valence-corrected chi connectivity index (χ2v) is 6.69. The maximum atomic E-state index is 12.1. The Balaban J connectivity index is 1.50. The van der Waals surface area contributed by atoms with Crippen LogP contribution in [-0.4, -0.2) is 24.6 Å². The lowest BCUT2D eigenvalue weighted by Gasteiger charge is -2.10. The summed E-state index contributed by atoms with van der Waals surface area (Å²) >= 11 is 1.62. The average molecular weight is 368 g/mol. The fourth-order valence-electron chi connectivity index (χ4n) is 2.44. The van der Waals surface area contributed by atoms with Crippen molar-refractivity contribution in [3.63, 3.8) is 0 Å². The van der Waals surface area contributed by atoms with E-state index in [0.717, 1.165) is 22.0 Å². The molecule has 2 aromatic carbocycles. The lowest BCUT2D eigenvalue weighted by atomic mass is 10.1. The Labute approximate surface area is 156 Å². The number of methoxy groups -OCH3 is 1. The van der Waals surface area contributed by atoms with Crippen LogP contribution in [0.15, 0.2) is 53.9 Å². The van der Waals surface area contributed by atoms with Crippen molar-refractivity contribution >= 4 is 22.9 Å². The van der Waals surface area contributed by atoms with Gasteiger partial charge in [0.2, 0.25) is 5.91 Å². The van der Waals surface area contributed by atoms with Crippen LogP contribution in [0.5, 0.6) is 11.5 Å². The van der Waals surface area contributed by atoms with E-state index in [9.17, 15) is 4.79 Å². The van der Waals surface area contributed by atoms with E-state index < -0.39 is 0 Å². The number of aryl methyl sites for hydroxylation is 1. The molecule has 0 unspecified atom stereocenters. The molecule has 0 aliphatic carbocycles. The normalized spacial score (nSPS) is 10.4. The molecule has 0 bridgehead atoms. The van der Waals surface area contributed by atoms with Gasteiger partial charge in [0.25, 0.3) is 0 Å². The first-order valence-corrected chi connectivity index (χ1v) is 9.12. The third-order valence-corrected chi connectivity index (χ3v) is 4.51. The molecule has 0 aliphatic rings. The molecule has 5 nitrogen and oxygen atoms in total. The lowest BCUT2D eigenvalue weighted by molar-refractivity contribution is -0.116. The van der Waals surface area contributed by atoms with Gasteiger partial charge >= 0.3 is 0 Å². The van der Waals surface area contributed by atoms with Crippen LogP contribution in [0, 0.1) is 6.92 Å². The Kier molecular flexibility index (Phi) is 5.86. The minimum Gasteiger partial charge on any atom is -0.493 e. The number of anilines is 1. The van der Waals surface area contributed by atoms with Crippen LogP contribution in [0.1, 0.15) is 11.4 Å². The molecule has 1 N–H and O–H groups in total. The van der Waals surface area contributed by atoms with Crippen molar-refractivity contribution in [3.05, 3.63) is 58.9 Å². The predicted octanol–water partition coefficient (Wildman–Crippen LogP) is 4.53. The quantitative estimate of drug-likeness (QED) is 0.665. The monoisotopic (exact) mass is 368 g/mol. The first kappa shape index (κ1) is 17.9. The smallest absolute Gasteiger partial charge is 0.227 e. The summed E-state index contributed by atoms with van der Waals surface area (Å²) in [5.41, 5.74) is 2.74. The largest absolute Gasteiger partial charge is 0.493 e. The molecule has 6 heteroatoms. The second kappa shape index (κ2) is 8.49. The molecule has 1 aromatic heterocycles. The van der Waals surface area contributed by atoms with Crippen LogP contribution in [0.3, 0.4) is 0 Å². The fourth-order valence-corrected chi connectivity index (χ4v) is 3.06. The van der Waals surface area contributed by atoms with Crippen LogP contribution in [0.4, 0.5) is 5.69 Å². The van der Waals surface area contributed by atoms with Gasteiger partial charge in [-0.3, -0.25) is 4.79 Å². The number of nitrogens with zero attached hydrogens (tertiary/aromatic N) is 1. The lowest BCUT2D eigenvalue weighted by Crippen LogP contribution is -2.15. The number of hydrogen-bond acceptors (Lipinski definition) is 5. The Morgan fingerprint density at radius 1 is 1.12 bits per heavy atom. The van der Waals surface area contributed by atoms with Gasteiger partial charge in [-0.15, -0.1) is 11.3 Å². The van der Waals surface area contributed by atoms with Crippen molar-refractivity contribution in [1.29, 1.82) is 0 Å². The van der Waals surface area contributed by atoms with Gasteiger partial charge in [-0.1, -0.05) is 24.3 Å². The summed E-state index contributed by atoms with van der Waals surface area (Å²) in [4.78, 5) is 16.5. The van der Waals surface area contributed by atoms with Crippen molar-refractivity contribution in [2.75, 3.05) is 19.0 Å². The number of benzene rings is 2. The number of aromatic nitrogens is 1. The van der Waals surface area contributed by atoms with E-state index >= 15 is 0 Å². The minimum absolute atomic E-state index is 0.0999. The SMILES string of the molecule is COc1ccccc1OCCC(=O)Nc1ccc(-c2csc(C)n2)cc1. The highest BCUT2D eigenvalue weighted by molar-refractivity contribution is 7.09. The molecule has 0 saturated carbocycles. The molecule has 3 rings (SSSR count). The maximum absolute atomic E-state index is 12.1. The zero-order valence-electron chi connectivity index (χ0n) is 14.7. The molecular formula is C20H20N2O3S. The number of carbonyl (C=O) groups excluding carboxylic acids is 1. The van der Waals surface area contributed by atoms with E-state index in [-0.39, 0.29) is 18.9 Å². The number of ether oxygens (including phenoxy) is 2. The van der Waals surface area contributed by atoms with Crippen molar-refractivity contribution < 1.29 is 14.3 Å². The summed E-state index contributed by atoms with van der Waals surface area (Å²) < 4.78 is 10.8. The summed E-state index contributed by atoms with van der Waals surface area (Å²) in [5, 5.41) is 5.93. The van der Waals surface area contributed by atoms with Crippen LogP contribution >= 0.6 is 11.3 Å². The molecule has 1 amide bonds. The van der Waals surface area contributed by atoms with Gasteiger partial charge in [0.05, 0.1) is 30.8 Å². The zero-order chi connectivity index (χ0) is 18.4. The molecule has 3 aromatic rings. The first-order chi connectivity index (χ1) is 12.7. The topological polar surface area (TPSA) is 60.5 Å². The number of rotatable bonds is 7. The fraction of sp³-hybridized carbons (Fsp3) is 0.200. The predicted molar refractivity (Wildman–Crippen MR) is 104 cm³/mol. The zero-order valence-corrected chi connectivity index (χ0v) is 15.5. The van der Waals surface area contributed by atoms with Gasteiger partial charge in [-0.05, 0) is 31.2 Å². The number of carbonyl (C=O) groups is 1. The Bertz CT molecular complexity index is 875. The van der Waals surface area contributed by atoms with E-state index in [2.05, 4.69) is 10.3 Å². The number of thiazole rings is 1. The summed E-state index contributed by atoms with van der Waals surface area (Å²) in [6.07, 6.45) is 0.255. The summed E-state index contributed by atoms with van der Waals surface area (Å²) in [5.74, 6) is 1.18. The van der Waals surface area contributed by atoms with Gasteiger partial charge in [-0.2, -0.15) is 0 Å². The van der Waals surface area contributed by atoms with Gasteiger partial charge in [0, 0.05) is 16.6 Å². The number of nitrogens with one attached hydrogen (secondary N) is 1. The maximum Gasteiger partial charge on any atom is 0.227 e. The molecule has 0 fully saturated rings. The Morgan fingerprint density at radius 3 is 2.50 bits per heavy atom. The standard InChI is InChI=1S/C20H20N2O3S/c1-14-21-17(13-26-14)15-7-9-16(10-8-15)22-20(23)11-12-25-19-6-4-3-5-18(19)24-2/h3-10,13H,11-12H2,1-2H3,(H,22,23). The van der Waals surface area contributed by atoms with Crippen molar-refractivity contribution in [2.24, 2.45) is 0 Å². The van der Waals surface area contributed by atoms with Crippen LogP contribution in [0.25, 0.3) is 11.3 Å². The number of amides is 1. The molecule has 26 heavy (non-hydrogen) atoms. The van der Waals surface area contributed by atoms with Crippen molar-refractivity contribution in [2.45, 2.75) is 13.3 Å². The van der Waals surface area contributed by atoms with Crippen molar-refractivity contribution in [3.8, 4) is 22.8 Å². The third-order valence-electron chi connectivity index (χ3n) is 3.74. The Hall–Kier alpha value is -2.86. The second-order valence-electron chi connectivity index (χ2n) is 5.63. The van der Waals surface area contributed by atoms with Crippen LogP contribution in [0.2, 0.25) is 0 Å². The molecule has 0 atom stereocenters. The van der Waals surface area contributed by atoms with E-state index in [1.54, 1.807) is 18.4 Å². The molecule has 0 radical (unpaired) electrons. The third kappa shape index (κ3) is 4.61. The van der Waals surface area contributed by atoms with E-state index in [1.807, 2.05) is 60.8 Å². The van der Waals surface area contributed by atoms with Gasteiger partial charge in [0.1, 0.15) is 0 Å².